The first kappa shape index (κ1) is 31.9. The number of nitrogens with one attached hydrogen (secondary N) is 1. The SMILES string of the molecule is CCOc1c(CN(C)C(=O)/C=C/c2cnc3c(c2)CN(CC(=O)N2CCN(C)CC2)CC(=O)N3)cccc1OC.Cl. The van der Waals surface area contributed by atoms with E-state index >= 15 is 0 Å². The maximum absolute atomic E-state index is 12.9. The second-order valence-electron chi connectivity index (χ2n) is 10.1. The fourth-order valence-corrected chi connectivity index (χ4v) is 4.77. The molecule has 0 saturated carbocycles. The number of carbonyl (C=O) groups excluding carboxylic acids is 3. The van der Waals surface area contributed by atoms with Crippen LogP contribution in [0.1, 0.15) is 23.6 Å². The molecule has 0 radical (unpaired) electrons. The Morgan fingerprint density at radius 2 is 1.93 bits per heavy atom. The van der Waals surface area contributed by atoms with Crippen LogP contribution in [0.3, 0.4) is 0 Å². The lowest BCUT2D eigenvalue weighted by molar-refractivity contribution is -0.134. The third kappa shape index (κ3) is 8.42. The Morgan fingerprint density at radius 3 is 2.63 bits per heavy atom. The van der Waals surface area contributed by atoms with Gasteiger partial charge in [0, 0.05) is 69.7 Å². The van der Waals surface area contributed by atoms with E-state index in [0.29, 0.717) is 50.1 Å². The van der Waals surface area contributed by atoms with E-state index in [0.717, 1.165) is 29.8 Å². The fraction of sp³-hybridized carbons (Fsp3) is 0.448. The molecule has 1 N–H and O–H groups in total. The second kappa shape index (κ2) is 14.8. The zero-order valence-electron chi connectivity index (χ0n) is 24.1. The molecule has 1 aromatic carbocycles. The topological polar surface area (TPSA) is 108 Å². The minimum atomic E-state index is -0.207. The Labute approximate surface area is 247 Å². The number of hydrogen-bond acceptors (Lipinski definition) is 8. The van der Waals surface area contributed by atoms with Crippen molar-refractivity contribution in [1.29, 1.82) is 0 Å². The molecule has 1 fully saturated rings. The molecule has 2 aliphatic heterocycles. The molecule has 41 heavy (non-hydrogen) atoms. The van der Waals surface area contributed by atoms with E-state index in [-0.39, 0.29) is 43.2 Å². The van der Waals surface area contributed by atoms with Crippen molar-refractivity contribution in [2.24, 2.45) is 0 Å². The number of para-hydroxylation sites is 1. The lowest BCUT2D eigenvalue weighted by Gasteiger charge is -2.33. The molecule has 2 aromatic rings. The molecule has 222 valence electrons. The van der Waals surface area contributed by atoms with Crippen LogP contribution >= 0.6 is 12.4 Å². The minimum absolute atomic E-state index is 0. The highest BCUT2D eigenvalue weighted by atomic mass is 35.5. The number of likely N-dealkylation sites (N-methyl/N-ethyl adjacent to an activating group) is 2. The summed E-state index contributed by atoms with van der Waals surface area (Å²) in [6, 6.07) is 7.49. The molecule has 11 nitrogen and oxygen atoms in total. The summed E-state index contributed by atoms with van der Waals surface area (Å²) in [5.74, 6) is 1.35. The van der Waals surface area contributed by atoms with Crippen molar-refractivity contribution in [2.45, 2.75) is 20.0 Å². The first-order chi connectivity index (χ1) is 19.3. The first-order valence-electron chi connectivity index (χ1n) is 13.5. The molecular formula is C29H39ClN6O5. The number of amides is 3. The average molecular weight is 587 g/mol. The maximum atomic E-state index is 12.9. The van der Waals surface area contributed by atoms with E-state index in [9.17, 15) is 14.4 Å². The van der Waals surface area contributed by atoms with Gasteiger partial charge in [0.25, 0.3) is 0 Å². The summed E-state index contributed by atoms with van der Waals surface area (Å²) in [6.45, 7) is 6.46. The van der Waals surface area contributed by atoms with Crippen molar-refractivity contribution >= 4 is 42.0 Å². The van der Waals surface area contributed by atoms with E-state index in [4.69, 9.17) is 9.47 Å². The number of aromatic nitrogens is 1. The zero-order chi connectivity index (χ0) is 28.6. The smallest absolute Gasteiger partial charge is 0.246 e. The maximum Gasteiger partial charge on any atom is 0.246 e. The molecule has 3 amide bonds. The molecule has 0 bridgehead atoms. The molecule has 1 saturated heterocycles. The van der Waals surface area contributed by atoms with Gasteiger partial charge in [0.1, 0.15) is 5.82 Å². The van der Waals surface area contributed by atoms with Crippen LogP contribution in [0.2, 0.25) is 0 Å². The van der Waals surface area contributed by atoms with Crippen LogP contribution in [0.4, 0.5) is 5.82 Å². The Kier molecular flexibility index (Phi) is 11.5. The van der Waals surface area contributed by atoms with Crippen molar-refractivity contribution in [2.75, 3.05) is 72.4 Å². The molecule has 0 unspecified atom stereocenters. The normalized spacial score (nSPS) is 15.9. The van der Waals surface area contributed by atoms with Crippen molar-refractivity contribution < 1.29 is 23.9 Å². The summed E-state index contributed by atoms with van der Waals surface area (Å²) in [7, 11) is 5.35. The van der Waals surface area contributed by atoms with Crippen LogP contribution in [0.5, 0.6) is 11.5 Å². The van der Waals surface area contributed by atoms with Gasteiger partial charge in [0.05, 0.1) is 26.8 Å². The summed E-state index contributed by atoms with van der Waals surface area (Å²) >= 11 is 0. The molecule has 1 aromatic heterocycles. The Morgan fingerprint density at radius 1 is 1.17 bits per heavy atom. The molecular weight excluding hydrogens is 548 g/mol. The number of nitrogens with zero attached hydrogens (tertiary/aromatic N) is 5. The number of carbonyl (C=O) groups is 3. The number of hydrogen-bond donors (Lipinski definition) is 1. The number of anilines is 1. The largest absolute Gasteiger partial charge is 0.493 e. The fourth-order valence-electron chi connectivity index (χ4n) is 4.77. The van der Waals surface area contributed by atoms with Gasteiger partial charge in [-0.3, -0.25) is 19.3 Å². The third-order valence-electron chi connectivity index (χ3n) is 6.99. The monoisotopic (exact) mass is 586 g/mol. The number of methoxy groups -OCH3 is 1. The molecule has 12 heteroatoms. The van der Waals surface area contributed by atoms with Crippen molar-refractivity contribution in [3.63, 3.8) is 0 Å². The van der Waals surface area contributed by atoms with Crippen LogP contribution in [-0.4, -0.2) is 109 Å². The highest BCUT2D eigenvalue weighted by molar-refractivity contribution is 5.94. The zero-order valence-corrected chi connectivity index (χ0v) is 24.9. The van der Waals surface area contributed by atoms with E-state index in [1.165, 1.54) is 6.08 Å². The summed E-state index contributed by atoms with van der Waals surface area (Å²) < 4.78 is 11.2. The Balaban J connectivity index is 0.00000462. The molecule has 0 aliphatic carbocycles. The summed E-state index contributed by atoms with van der Waals surface area (Å²) in [5, 5.41) is 2.83. The van der Waals surface area contributed by atoms with Gasteiger partial charge in [0.2, 0.25) is 17.7 Å². The minimum Gasteiger partial charge on any atom is -0.493 e. The Hall–Kier alpha value is -3.67. The van der Waals surface area contributed by atoms with Crippen molar-refractivity contribution in [1.82, 2.24) is 24.6 Å². The van der Waals surface area contributed by atoms with E-state index in [1.54, 1.807) is 31.3 Å². The average Bonchev–Trinajstić information content (AvgIpc) is 3.09. The summed E-state index contributed by atoms with van der Waals surface area (Å²) in [5.41, 5.74) is 2.36. The van der Waals surface area contributed by atoms with Gasteiger partial charge in [-0.1, -0.05) is 12.1 Å². The van der Waals surface area contributed by atoms with Gasteiger partial charge in [-0.2, -0.15) is 0 Å². The first-order valence-corrected chi connectivity index (χ1v) is 13.5. The quantitative estimate of drug-likeness (QED) is 0.445. The Bertz CT molecular complexity index is 1260. The third-order valence-corrected chi connectivity index (χ3v) is 6.99. The van der Waals surface area contributed by atoms with E-state index < -0.39 is 0 Å². The van der Waals surface area contributed by atoms with Gasteiger partial charge in [0.15, 0.2) is 11.5 Å². The van der Waals surface area contributed by atoms with E-state index in [1.807, 2.05) is 48.0 Å². The van der Waals surface area contributed by atoms with Gasteiger partial charge < -0.3 is 29.5 Å². The van der Waals surface area contributed by atoms with Gasteiger partial charge >= 0.3 is 0 Å². The van der Waals surface area contributed by atoms with Crippen LogP contribution in [0, 0.1) is 0 Å². The van der Waals surface area contributed by atoms with Crippen molar-refractivity contribution in [3.8, 4) is 11.5 Å². The number of pyridine rings is 1. The predicted molar refractivity (Wildman–Crippen MR) is 159 cm³/mol. The summed E-state index contributed by atoms with van der Waals surface area (Å²) in [4.78, 5) is 50.2. The number of rotatable bonds is 9. The lowest BCUT2D eigenvalue weighted by atomic mass is 10.1. The molecule has 4 rings (SSSR count). The van der Waals surface area contributed by atoms with E-state index in [2.05, 4.69) is 15.2 Å². The highest BCUT2D eigenvalue weighted by Crippen LogP contribution is 2.32. The number of benzene rings is 1. The lowest BCUT2D eigenvalue weighted by Crippen LogP contribution is -2.50. The second-order valence-corrected chi connectivity index (χ2v) is 10.1. The number of fused-ring (bicyclic) bond motifs is 1. The van der Waals surface area contributed by atoms with Gasteiger partial charge in [-0.15, -0.1) is 12.4 Å². The number of halogens is 1. The van der Waals surface area contributed by atoms with Gasteiger partial charge in [-0.25, -0.2) is 4.98 Å². The molecule has 2 aliphatic rings. The van der Waals surface area contributed by atoms with Crippen LogP contribution < -0.4 is 14.8 Å². The van der Waals surface area contributed by atoms with Crippen molar-refractivity contribution in [3.05, 3.63) is 53.2 Å². The number of ether oxygens (including phenoxy) is 2. The van der Waals surface area contributed by atoms with Crippen LogP contribution in [0.15, 0.2) is 36.5 Å². The number of piperazine rings is 1. The standard InChI is InChI=1S/C29H38N6O5.ClH/c1-5-40-28-22(7-6-8-24(28)39-4)17-33(3)26(37)10-9-21-15-23-18-34(19-25(36)31-29(23)30-16-21)20-27(38)35-13-11-32(2)12-14-35;/h6-10,15-16H,5,11-14,17-20H2,1-4H3,(H,30,31,36);1H/b10-9+;. The summed E-state index contributed by atoms with van der Waals surface area (Å²) in [6.07, 6.45) is 4.81. The molecule has 3 heterocycles. The predicted octanol–water partition coefficient (Wildman–Crippen LogP) is 2.11. The molecule has 0 atom stereocenters. The molecule has 0 spiro atoms. The van der Waals surface area contributed by atoms with Gasteiger partial charge in [-0.05, 0) is 37.7 Å². The van der Waals surface area contributed by atoms with Crippen LogP contribution in [-0.2, 0) is 27.5 Å². The highest BCUT2D eigenvalue weighted by Gasteiger charge is 2.25. The van der Waals surface area contributed by atoms with Crippen LogP contribution in [0.25, 0.3) is 6.08 Å².